The molecule has 0 unspecified atom stereocenters. The third-order valence-corrected chi connectivity index (χ3v) is 7.77. The number of hydrogen-bond donors (Lipinski definition) is 0. The standard InChI is InChI=1S/C29H23FN2O3S/c1-34-21-12-14-24(35-2)19(15-21)16-25-28(33)32-27(18-7-10-20(30)11-8-18)23-13-9-17-5-3-4-6-22(17)26(23)31-29(32)36-25/h3-8,10-12,14-16,27H,9,13H2,1-2H3/b25-16+/t27-/m0/s1. The summed E-state index contributed by atoms with van der Waals surface area (Å²) in [5, 5.41) is 0. The summed E-state index contributed by atoms with van der Waals surface area (Å²) < 4.78 is 27.0. The number of ether oxygens (including phenoxy) is 2. The molecule has 2 heterocycles. The molecule has 5 nitrogen and oxygen atoms in total. The molecule has 0 saturated carbocycles. The summed E-state index contributed by atoms with van der Waals surface area (Å²) >= 11 is 1.35. The molecule has 1 aliphatic heterocycles. The number of aryl methyl sites for hydroxylation is 1. The first-order chi connectivity index (χ1) is 17.6. The number of aromatic nitrogens is 1. The Morgan fingerprint density at radius 3 is 2.61 bits per heavy atom. The Kier molecular flexibility index (Phi) is 5.57. The Morgan fingerprint density at radius 1 is 1.03 bits per heavy atom. The summed E-state index contributed by atoms with van der Waals surface area (Å²) in [5.41, 5.74) is 5.81. The van der Waals surface area contributed by atoms with Gasteiger partial charge in [-0.2, -0.15) is 0 Å². The Balaban J connectivity index is 1.62. The molecule has 0 bridgehead atoms. The zero-order valence-electron chi connectivity index (χ0n) is 19.8. The van der Waals surface area contributed by atoms with Crippen LogP contribution in [0.3, 0.4) is 0 Å². The summed E-state index contributed by atoms with van der Waals surface area (Å²) in [4.78, 5) is 19.5. The van der Waals surface area contributed by atoms with Gasteiger partial charge in [0.25, 0.3) is 5.56 Å². The van der Waals surface area contributed by atoms with Crippen molar-refractivity contribution in [3.8, 4) is 11.5 Å². The highest BCUT2D eigenvalue weighted by molar-refractivity contribution is 7.07. The first-order valence-electron chi connectivity index (χ1n) is 11.7. The van der Waals surface area contributed by atoms with E-state index < -0.39 is 0 Å². The number of thiazole rings is 1. The van der Waals surface area contributed by atoms with E-state index in [1.165, 1.54) is 29.0 Å². The minimum Gasteiger partial charge on any atom is -0.497 e. The van der Waals surface area contributed by atoms with Gasteiger partial charge in [0.05, 0.1) is 30.5 Å². The lowest BCUT2D eigenvalue weighted by Crippen LogP contribution is -2.38. The third-order valence-electron chi connectivity index (χ3n) is 6.78. The van der Waals surface area contributed by atoms with Gasteiger partial charge in [-0.15, -0.1) is 0 Å². The fourth-order valence-electron chi connectivity index (χ4n) is 5.06. The molecule has 0 spiro atoms. The lowest BCUT2D eigenvalue weighted by atomic mass is 9.83. The quantitative estimate of drug-likeness (QED) is 0.417. The maximum absolute atomic E-state index is 13.9. The Morgan fingerprint density at radius 2 is 1.83 bits per heavy atom. The molecule has 1 aromatic heterocycles. The van der Waals surface area contributed by atoms with Gasteiger partial charge in [-0.05, 0) is 65.9 Å². The van der Waals surface area contributed by atoms with Crippen molar-refractivity contribution in [1.29, 1.82) is 0 Å². The number of fused-ring (bicyclic) bond motifs is 3. The van der Waals surface area contributed by atoms with E-state index in [2.05, 4.69) is 12.1 Å². The Labute approximate surface area is 211 Å². The van der Waals surface area contributed by atoms with Crippen LogP contribution in [0.25, 0.3) is 11.8 Å². The number of halogens is 1. The maximum atomic E-state index is 13.9. The molecule has 0 N–H and O–H groups in total. The van der Waals surface area contributed by atoms with Crippen LogP contribution >= 0.6 is 11.3 Å². The van der Waals surface area contributed by atoms with Crippen molar-refractivity contribution in [2.75, 3.05) is 14.2 Å². The van der Waals surface area contributed by atoms with E-state index in [-0.39, 0.29) is 17.4 Å². The van der Waals surface area contributed by atoms with Crippen LogP contribution in [-0.4, -0.2) is 18.8 Å². The average molecular weight is 499 g/mol. The average Bonchev–Trinajstić information content (AvgIpc) is 3.22. The molecule has 4 aromatic rings. The molecule has 0 amide bonds. The zero-order chi connectivity index (χ0) is 24.8. The lowest BCUT2D eigenvalue weighted by molar-refractivity contribution is 0.402. The lowest BCUT2D eigenvalue weighted by Gasteiger charge is -2.30. The van der Waals surface area contributed by atoms with Gasteiger partial charge >= 0.3 is 0 Å². The van der Waals surface area contributed by atoms with Gasteiger partial charge in [0, 0.05) is 11.1 Å². The summed E-state index contributed by atoms with van der Waals surface area (Å²) in [6.07, 6.45) is 3.47. The van der Waals surface area contributed by atoms with Crippen LogP contribution in [0.2, 0.25) is 0 Å². The number of rotatable bonds is 4. The normalized spacial score (nSPS) is 16.6. The fourth-order valence-corrected chi connectivity index (χ4v) is 6.05. The summed E-state index contributed by atoms with van der Waals surface area (Å²) in [7, 11) is 3.20. The van der Waals surface area contributed by atoms with E-state index in [1.54, 1.807) is 30.9 Å². The molecule has 3 aromatic carbocycles. The van der Waals surface area contributed by atoms with Crippen molar-refractivity contribution in [2.45, 2.75) is 18.9 Å². The smallest absolute Gasteiger partial charge is 0.271 e. The van der Waals surface area contributed by atoms with Crippen molar-refractivity contribution < 1.29 is 13.9 Å². The zero-order valence-corrected chi connectivity index (χ0v) is 20.6. The van der Waals surface area contributed by atoms with Crippen LogP contribution < -0.4 is 24.4 Å². The fraction of sp³-hybridized carbons (Fsp3) is 0.172. The van der Waals surface area contributed by atoms with Gasteiger partial charge in [-0.1, -0.05) is 47.7 Å². The van der Waals surface area contributed by atoms with E-state index in [1.807, 2.05) is 36.4 Å². The number of hydrogen-bond acceptors (Lipinski definition) is 5. The van der Waals surface area contributed by atoms with Crippen molar-refractivity contribution in [2.24, 2.45) is 4.99 Å². The molecule has 0 saturated heterocycles. The Hall–Kier alpha value is -3.97. The largest absolute Gasteiger partial charge is 0.497 e. The van der Waals surface area contributed by atoms with Crippen molar-refractivity contribution in [3.05, 3.63) is 120 Å². The molecule has 6 rings (SSSR count). The minimum atomic E-state index is -0.348. The topological polar surface area (TPSA) is 52.8 Å². The molecular weight excluding hydrogens is 475 g/mol. The summed E-state index contributed by atoms with van der Waals surface area (Å²) in [6, 6.07) is 19.8. The molecule has 7 heteroatoms. The van der Waals surface area contributed by atoms with Gasteiger partial charge in [0.1, 0.15) is 17.3 Å². The van der Waals surface area contributed by atoms with Crippen molar-refractivity contribution in [1.82, 2.24) is 4.57 Å². The van der Waals surface area contributed by atoms with Crippen LogP contribution in [0.1, 0.15) is 34.7 Å². The monoisotopic (exact) mass is 498 g/mol. The highest BCUT2D eigenvalue weighted by Crippen LogP contribution is 2.41. The van der Waals surface area contributed by atoms with Gasteiger partial charge in [-0.3, -0.25) is 9.36 Å². The van der Waals surface area contributed by atoms with Crippen LogP contribution in [0.5, 0.6) is 11.5 Å². The van der Waals surface area contributed by atoms with Gasteiger partial charge in [0.2, 0.25) is 0 Å². The van der Waals surface area contributed by atoms with E-state index in [0.29, 0.717) is 20.8 Å². The van der Waals surface area contributed by atoms with Crippen LogP contribution in [0.15, 0.2) is 82.1 Å². The summed E-state index contributed by atoms with van der Waals surface area (Å²) in [5.74, 6) is 1.01. The molecular formula is C29H23FN2O3S. The van der Waals surface area contributed by atoms with Crippen molar-refractivity contribution >= 4 is 23.1 Å². The minimum absolute atomic E-state index is 0.136. The maximum Gasteiger partial charge on any atom is 0.271 e. The molecule has 1 aliphatic carbocycles. The van der Waals surface area contributed by atoms with E-state index in [0.717, 1.165) is 40.8 Å². The molecule has 1 atom stereocenters. The number of methoxy groups -OCH3 is 2. The van der Waals surface area contributed by atoms with Crippen LogP contribution in [0.4, 0.5) is 4.39 Å². The first-order valence-corrected chi connectivity index (χ1v) is 12.5. The third kappa shape index (κ3) is 3.67. The second kappa shape index (κ2) is 8.91. The second-order valence-electron chi connectivity index (χ2n) is 8.77. The predicted molar refractivity (Wildman–Crippen MR) is 139 cm³/mol. The van der Waals surface area contributed by atoms with Crippen LogP contribution in [0, 0.1) is 5.82 Å². The molecule has 0 fully saturated rings. The van der Waals surface area contributed by atoms with Gasteiger partial charge < -0.3 is 9.47 Å². The van der Waals surface area contributed by atoms with E-state index in [9.17, 15) is 9.18 Å². The predicted octanol–water partition coefficient (Wildman–Crippen LogP) is 4.48. The number of benzene rings is 3. The van der Waals surface area contributed by atoms with Crippen LogP contribution in [-0.2, 0) is 6.42 Å². The molecule has 180 valence electrons. The Bertz CT molecular complexity index is 1700. The summed E-state index contributed by atoms with van der Waals surface area (Å²) in [6.45, 7) is 0. The number of allylic oxidation sites excluding steroid dienone is 1. The van der Waals surface area contributed by atoms with Gasteiger partial charge in [0.15, 0.2) is 4.80 Å². The molecule has 0 radical (unpaired) electrons. The van der Waals surface area contributed by atoms with E-state index >= 15 is 0 Å². The molecule has 2 aliphatic rings. The van der Waals surface area contributed by atoms with Gasteiger partial charge in [-0.25, -0.2) is 9.38 Å². The SMILES string of the molecule is COc1ccc(OC)c(/C=c2/sc3n(c2=O)[C@@H](c2ccc(F)cc2)C2=C(N=3)c3ccccc3CC2)c1. The number of nitrogens with zero attached hydrogens (tertiary/aromatic N) is 2. The highest BCUT2D eigenvalue weighted by Gasteiger charge is 2.32. The first kappa shape index (κ1) is 22.5. The second-order valence-corrected chi connectivity index (χ2v) is 9.78. The highest BCUT2D eigenvalue weighted by atomic mass is 32.1. The molecule has 36 heavy (non-hydrogen) atoms. The van der Waals surface area contributed by atoms with E-state index in [4.69, 9.17) is 14.5 Å². The van der Waals surface area contributed by atoms with Crippen molar-refractivity contribution in [3.63, 3.8) is 0 Å².